The number of benzene rings is 1. The summed E-state index contributed by atoms with van der Waals surface area (Å²) in [7, 11) is 0. The Morgan fingerprint density at radius 3 is 2.38 bits per heavy atom. The second kappa shape index (κ2) is 9.13. The van der Waals surface area contributed by atoms with Gasteiger partial charge in [0, 0.05) is 6.42 Å². The molecule has 1 aromatic carbocycles. The fourth-order valence-electron chi connectivity index (χ4n) is 1.85. The third kappa shape index (κ3) is 6.90. The number of nitrogens with one attached hydrogen (secondary N) is 2. The molecule has 5 heteroatoms. The third-order valence-electron chi connectivity index (χ3n) is 3.11. The fourth-order valence-corrected chi connectivity index (χ4v) is 1.85. The number of rotatable bonds is 8. The lowest BCUT2D eigenvalue weighted by Crippen LogP contribution is -2.39. The van der Waals surface area contributed by atoms with Gasteiger partial charge in [-0.2, -0.15) is 0 Å². The largest absolute Gasteiger partial charge is 0.394 e. The van der Waals surface area contributed by atoms with Gasteiger partial charge >= 0.3 is 0 Å². The van der Waals surface area contributed by atoms with Crippen molar-refractivity contribution in [2.75, 3.05) is 13.2 Å². The Balaban J connectivity index is 2.37. The van der Waals surface area contributed by atoms with Crippen molar-refractivity contribution < 1.29 is 14.7 Å². The first kappa shape index (κ1) is 17.2. The molecule has 0 aliphatic carbocycles. The molecule has 0 aliphatic rings. The normalized spacial score (nSPS) is 12.0. The van der Waals surface area contributed by atoms with Crippen molar-refractivity contribution in [1.82, 2.24) is 10.6 Å². The van der Waals surface area contributed by atoms with Crippen LogP contribution in [0.15, 0.2) is 30.3 Å². The molecule has 0 aliphatic heterocycles. The Labute approximate surface area is 125 Å². The van der Waals surface area contributed by atoms with Gasteiger partial charge in [-0.05, 0) is 17.9 Å². The lowest BCUT2D eigenvalue weighted by molar-refractivity contribution is -0.126. The van der Waals surface area contributed by atoms with Gasteiger partial charge in [-0.25, -0.2) is 0 Å². The van der Waals surface area contributed by atoms with Crippen LogP contribution in [0.5, 0.6) is 0 Å². The maximum atomic E-state index is 11.8. The second-order valence-electron chi connectivity index (χ2n) is 5.42. The molecule has 0 saturated carbocycles. The van der Waals surface area contributed by atoms with Crippen LogP contribution in [0.4, 0.5) is 0 Å². The first-order chi connectivity index (χ1) is 10.0. The lowest BCUT2D eigenvalue weighted by atomic mass is 10.1. The van der Waals surface area contributed by atoms with Crippen molar-refractivity contribution in [3.63, 3.8) is 0 Å². The molecule has 0 bridgehead atoms. The summed E-state index contributed by atoms with van der Waals surface area (Å²) in [5.41, 5.74) is 0.833. The van der Waals surface area contributed by atoms with E-state index in [4.69, 9.17) is 0 Å². The van der Waals surface area contributed by atoms with Gasteiger partial charge in [0.1, 0.15) is 0 Å². The quantitative estimate of drug-likeness (QED) is 0.677. The highest BCUT2D eigenvalue weighted by Crippen LogP contribution is 2.11. The van der Waals surface area contributed by atoms with Gasteiger partial charge < -0.3 is 15.7 Å². The summed E-state index contributed by atoms with van der Waals surface area (Å²) in [5, 5.41) is 14.6. The zero-order chi connectivity index (χ0) is 15.7. The van der Waals surface area contributed by atoms with Crippen molar-refractivity contribution in [2.45, 2.75) is 32.7 Å². The first-order valence-corrected chi connectivity index (χ1v) is 7.24. The molecule has 3 N–H and O–H groups in total. The standard InChI is InChI=1S/C16H24N2O3/c1-12(2)8-9-15(20)17-10-16(21)18-14(11-19)13-6-4-3-5-7-13/h3-7,12,14,19H,8-11H2,1-2H3,(H,17,20)(H,18,21). The predicted octanol–water partition coefficient (Wildman–Crippen LogP) is 1.39. The minimum atomic E-state index is -0.453. The summed E-state index contributed by atoms with van der Waals surface area (Å²) in [4.78, 5) is 23.3. The zero-order valence-corrected chi connectivity index (χ0v) is 12.6. The molecule has 0 aromatic heterocycles. The lowest BCUT2D eigenvalue weighted by Gasteiger charge is -2.17. The van der Waals surface area contributed by atoms with Crippen LogP contribution in [0, 0.1) is 5.92 Å². The molecule has 21 heavy (non-hydrogen) atoms. The van der Waals surface area contributed by atoms with Gasteiger partial charge in [0.05, 0.1) is 19.2 Å². The molecule has 1 atom stereocenters. The number of aliphatic hydroxyl groups is 1. The summed E-state index contributed by atoms with van der Waals surface area (Å²) in [5.74, 6) is 0.0244. The van der Waals surface area contributed by atoms with Gasteiger partial charge in [0.15, 0.2) is 0 Å². The highest BCUT2D eigenvalue weighted by atomic mass is 16.3. The molecule has 1 aromatic rings. The van der Waals surface area contributed by atoms with E-state index >= 15 is 0 Å². The summed E-state index contributed by atoms with van der Waals surface area (Å²) in [6, 6.07) is 8.78. The molecule has 0 spiro atoms. The van der Waals surface area contributed by atoms with E-state index in [2.05, 4.69) is 10.6 Å². The summed E-state index contributed by atoms with van der Waals surface area (Å²) in [6.45, 7) is 3.84. The Hall–Kier alpha value is -1.88. The van der Waals surface area contributed by atoms with Crippen LogP contribution >= 0.6 is 0 Å². The Morgan fingerprint density at radius 1 is 1.14 bits per heavy atom. The number of carbonyl (C=O) groups is 2. The smallest absolute Gasteiger partial charge is 0.239 e. The van der Waals surface area contributed by atoms with E-state index in [1.807, 2.05) is 44.2 Å². The number of amides is 2. The van der Waals surface area contributed by atoms with E-state index < -0.39 is 6.04 Å². The van der Waals surface area contributed by atoms with E-state index in [-0.39, 0.29) is 25.0 Å². The maximum Gasteiger partial charge on any atom is 0.239 e. The monoisotopic (exact) mass is 292 g/mol. The second-order valence-corrected chi connectivity index (χ2v) is 5.42. The molecule has 0 fully saturated rings. The number of hydrogen-bond acceptors (Lipinski definition) is 3. The van der Waals surface area contributed by atoms with Gasteiger partial charge in [0.25, 0.3) is 0 Å². The zero-order valence-electron chi connectivity index (χ0n) is 12.6. The molecule has 116 valence electrons. The van der Waals surface area contributed by atoms with Crippen LogP contribution in [0.2, 0.25) is 0 Å². The molecule has 1 unspecified atom stereocenters. The SMILES string of the molecule is CC(C)CCC(=O)NCC(=O)NC(CO)c1ccccc1. The van der Waals surface area contributed by atoms with Gasteiger partial charge in [0.2, 0.25) is 11.8 Å². The van der Waals surface area contributed by atoms with Crippen molar-refractivity contribution in [1.29, 1.82) is 0 Å². The van der Waals surface area contributed by atoms with Crippen LogP contribution < -0.4 is 10.6 Å². The first-order valence-electron chi connectivity index (χ1n) is 7.24. The van der Waals surface area contributed by atoms with E-state index in [1.165, 1.54) is 0 Å². The highest BCUT2D eigenvalue weighted by molar-refractivity contribution is 5.84. The number of aliphatic hydroxyl groups excluding tert-OH is 1. The van der Waals surface area contributed by atoms with Crippen molar-refractivity contribution >= 4 is 11.8 Å². The minimum Gasteiger partial charge on any atom is -0.394 e. The van der Waals surface area contributed by atoms with Gasteiger partial charge in [-0.1, -0.05) is 44.2 Å². The minimum absolute atomic E-state index is 0.0692. The molecule has 0 heterocycles. The molecule has 5 nitrogen and oxygen atoms in total. The summed E-state index contributed by atoms with van der Waals surface area (Å²) < 4.78 is 0. The number of hydrogen-bond donors (Lipinski definition) is 3. The van der Waals surface area contributed by atoms with E-state index in [1.54, 1.807) is 0 Å². The Kier molecular flexibility index (Phi) is 7.46. The maximum absolute atomic E-state index is 11.8. The average Bonchev–Trinajstić information content (AvgIpc) is 2.49. The van der Waals surface area contributed by atoms with Crippen molar-refractivity contribution in [3.05, 3.63) is 35.9 Å². The number of carbonyl (C=O) groups excluding carboxylic acids is 2. The van der Waals surface area contributed by atoms with Crippen LogP contribution in [0.3, 0.4) is 0 Å². The summed E-state index contributed by atoms with van der Waals surface area (Å²) >= 11 is 0. The Morgan fingerprint density at radius 2 is 1.81 bits per heavy atom. The van der Waals surface area contributed by atoms with Crippen molar-refractivity contribution in [2.24, 2.45) is 5.92 Å². The predicted molar refractivity (Wildman–Crippen MR) is 81.5 cm³/mol. The van der Waals surface area contributed by atoms with Crippen molar-refractivity contribution in [3.8, 4) is 0 Å². The molecule has 1 rings (SSSR count). The van der Waals surface area contributed by atoms with Gasteiger partial charge in [-0.3, -0.25) is 9.59 Å². The van der Waals surface area contributed by atoms with E-state index in [0.717, 1.165) is 12.0 Å². The van der Waals surface area contributed by atoms with Crippen LogP contribution in [-0.2, 0) is 9.59 Å². The molecular formula is C16H24N2O3. The highest BCUT2D eigenvalue weighted by Gasteiger charge is 2.13. The molecule has 0 saturated heterocycles. The van der Waals surface area contributed by atoms with Crippen LogP contribution in [0.25, 0.3) is 0 Å². The fraction of sp³-hybridized carbons (Fsp3) is 0.500. The summed E-state index contributed by atoms with van der Waals surface area (Å²) in [6.07, 6.45) is 1.23. The average molecular weight is 292 g/mol. The van der Waals surface area contributed by atoms with E-state index in [0.29, 0.717) is 12.3 Å². The molecular weight excluding hydrogens is 268 g/mol. The molecule has 0 radical (unpaired) electrons. The Bertz CT molecular complexity index is 446. The van der Waals surface area contributed by atoms with Gasteiger partial charge in [-0.15, -0.1) is 0 Å². The third-order valence-corrected chi connectivity index (χ3v) is 3.11. The topological polar surface area (TPSA) is 78.4 Å². The van der Waals surface area contributed by atoms with Crippen LogP contribution in [-0.4, -0.2) is 30.1 Å². The molecule has 2 amide bonds. The van der Waals surface area contributed by atoms with Crippen LogP contribution in [0.1, 0.15) is 38.3 Å². The van der Waals surface area contributed by atoms with E-state index in [9.17, 15) is 14.7 Å².